The van der Waals surface area contributed by atoms with Crippen LogP contribution in [-0.2, 0) is 5.54 Å². The smallest absolute Gasteiger partial charge is 0.255 e. The molecule has 9 nitrogen and oxygen atoms in total. The molecule has 2 aliphatic rings. The maximum Gasteiger partial charge on any atom is 0.255 e. The first-order valence-corrected chi connectivity index (χ1v) is 11.9. The quantitative estimate of drug-likeness (QED) is 0.394. The molecule has 4 aromatic rings. The Labute approximate surface area is 210 Å². The number of anilines is 1. The number of hydrogen-bond donors (Lipinski definition) is 2. The second-order valence-corrected chi connectivity index (χ2v) is 9.43. The lowest BCUT2D eigenvalue weighted by Gasteiger charge is -2.40. The van der Waals surface area contributed by atoms with Crippen LogP contribution in [0.5, 0.6) is 5.75 Å². The highest BCUT2D eigenvalue weighted by atomic mass is 35.5. The van der Waals surface area contributed by atoms with E-state index in [2.05, 4.69) is 30.9 Å². The molecule has 3 heterocycles. The predicted molar refractivity (Wildman–Crippen MR) is 130 cm³/mol. The summed E-state index contributed by atoms with van der Waals surface area (Å²) >= 11 is 6.21. The van der Waals surface area contributed by atoms with E-state index in [4.69, 9.17) is 16.3 Å². The molecule has 6 rings (SSSR count). The Hall–Kier alpha value is -4.05. The van der Waals surface area contributed by atoms with E-state index in [9.17, 15) is 9.18 Å². The zero-order valence-electron chi connectivity index (χ0n) is 19.0. The number of aromatic nitrogens is 5. The lowest BCUT2D eigenvalue weighted by atomic mass is 10.0. The van der Waals surface area contributed by atoms with Gasteiger partial charge in [0.15, 0.2) is 5.82 Å². The SMILES string of the molecule is O=C(NC1(c2ccc(-c3nnn[nH]3)cc2)CC1)c1cc(Cl)cnc1N1CC(Oc2cccc(F)c2)C1. The second-order valence-electron chi connectivity index (χ2n) is 8.99. The number of nitrogens with zero attached hydrogens (tertiary/aromatic N) is 5. The van der Waals surface area contributed by atoms with E-state index in [0.29, 0.717) is 41.1 Å². The summed E-state index contributed by atoms with van der Waals surface area (Å²) in [5, 5.41) is 17.5. The molecular formula is C25H21ClFN7O2. The fraction of sp³-hybridized carbons (Fsp3) is 0.240. The lowest BCUT2D eigenvalue weighted by molar-refractivity contribution is 0.0929. The molecule has 1 aliphatic carbocycles. The number of hydrogen-bond acceptors (Lipinski definition) is 7. The summed E-state index contributed by atoms with van der Waals surface area (Å²) in [6.07, 6.45) is 3.06. The van der Waals surface area contributed by atoms with Gasteiger partial charge in [0, 0.05) is 17.8 Å². The van der Waals surface area contributed by atoms with Crippen molar-refractivity contribution in [2.24, 2.45) is 0 Å². The normalized spacial score (nSPS) is 16.3. The Morgan fingerprint density at radius 2 is 1.97 bits per heavy atom. The molecule has 0 spiro atoms. The molecule has 0 radical (unpaired) electrons. The molecule has 1 aliphatic heterocycles. The van der Waals surface area contributed by atoms with Gasteiger partial charge in [-0.25, -0.2) is 14.5 Å². The van der Waals surface area contributed by atoms with Crippen molar-refractivity contribution < 1.29 is 13.9 Å². The van der Waals surface area contributed by atoms with Gasteiger partial charge in [-0.2, -0.15) is 0 Å². The molecule has 0 bridgehead atoms. The third-order valence-corrected chi connectivity index (χ3v) is 6.69. The summed E-state index contributed by atoms with van der Waals surface area (Å²) in [7, 11) is 0. The molecule has 2 fully saturated rings. The number of carbonyl (C=O) groups excluding carboxylic acids is 1. The fourth-order valence-electron chi connectivity index (χ4n) is 4.39. The fourth-order valence-corrected chi connectivity index (χ4v) is 4.55. The van der Waals surface area contributed by atoms with Crippen LogP contribution in [0.1, 0.15) is 28.8 Å². The summed E-state index contributed by atoms with van der Waals surface area (Å²) in [6, 6.07) is 15.5. The predicted octanol–water partition coefficient (Wildman–Crippen LogP) is 3.74. The molecule has 36 heavy (non-hydrogen) atoms. The highest BCUT2D eigenvalue weighted by molar-refractivity contribution is 6.31. The van der Waals surface area contributed by atoms with Gasteiger partial charge in [0.2, 0.25) is 0 Å². The van der Waals surface area contributed by atoms with Crippen LogP contribution in [0.15, 0.2) is 60.8 Å². The monoisotopic (exact) mass is 505 g/mol. The summed E-state index contributed by atoms with van der Waals surface area (Å²) in [6.45, 7) is 1.04. The zero-order chi connectivity index (χ0) is 24.7. The molecule has 11 heteroatoms. The first-order valence-electron chi connectivity index (χ1n) is 11.5. The van der Waals surface area contributed by atoms with Crippen LogP contribution in [0, 0.1) is 5.82 Å². The van der Waals surface area contributed by atoms with Crippen molar-refractivity contribution in [2.45, 2.75) is 24.5 Å². The van der Waals surface area contributed by atoms with E-state index in [0.717, 1.165) is 24.0 Å². The standard InChI is InChI=1S/C25H21ClFN7O2/c26-17-10-21(23(28-12-17)34-13-20(14-34)36-19-3-1-2-18(27)11-19)24(35)29-25(8-9-25)16-6-4-15(5-7-16)22-30-32-33-31-22/h1-7,10-12,20H,8-9,13-14H2,(H,29,35)(H,30,31,32,33). The number of ether oxygens (including phenoxy) is 1. The molecule has 0 unspecified atom stereocenters. The number of amides is 1. The molecule has 182 valence electrons. The molecule has 0 atom stereocenters. The van der Waals surface area contributed by atoms with Gasteiger partial charge in [-0.3, -0.25) is 4.79 Å². The number of H-pyrrole nitrogens is 1. The number of aromatic amines is 1. The highest BCUT2D eigenvalue weighted by Gasteiger charge is 2.46. The number of halogens is 2. The van der Waals surface area contributed by atoms with Crippen molar-refractivity contribution in [3.8, 4) is 17.1 Å². The van der Waals surface area contributed by atoms with Crippen LogP contribution in [0.4, 0.5) is 10.2 Å². The van der Waals surface area contributed by atoms with E-state index in [1.165, 1.54) is 18.3 Å². The van der Waals surface area contributed by atoms with E-state index in [-0.39, 0.29) is 17.8 Å². The van der Waals surface area contributed by atoms with Crippen molar-refractivity contribution in [2.75, 3.05) is 18.0 Å². The van der Waals surface area contributed by atoms with Gasteiger partial charge in [-0.15, -0.1) is 5.10 Å². The minimum Gasteiger partial charge on any atom is -0.487 e. The molecule has 1 saturated heterocycles. The first-order chi connectivity index (χ1) is 17.5. The van der Waals surface area contributed by atoms with Crippen molar-refractivity contribution in [3.63, 3.8) is 0 Å². The third kappa shape index (κ3) is 4.35. The first kappa shape index (κ1) is 22.4. The Bertz CT molecular complexity index is 1400. The molecule has 2 N–H and O–H groups in total. The van der Waals surface area contributed by atoms with Crippen molar-refractivity contribution in [1.82, 2.24) is 30.9 Å². The minimum atomic E-state index is -0.438. The van der Waals surface area contributed by atoms with Crippen LogP contribution in [0.3, 0.4) is 0 Å². The van der Waals surface area contributed by atoms with Crippen molar-refractivity contribution in [3.05, 3.63) is 82.8 Å². The summed E-state index contributed by atoms with van der Waals surface area (Å²) in [5.74, 6) is 1.01. The molecule has 1 saturated carbocycles. The molecule has 2 aromatic carbocycles. The van der Waals surface area contributed by atoms with Gasteiger partial charge in [0.1, 0.15) is 23.5 Å². The topological polar surface area (TPSA) is 109 Å². The number of carbonyl (C=O) groups is 1. The summed E-state index contributed by atoms with van der Waals surface area (Å²) < 4.78 is 19.3. The summed E-state index contributed by atoms with van der Waals surface area (Å²) in [5.41, 5.74) is 1.84. The lowest BCUT2D eigenvalue weighted by Crippen LogP contribution is -2.55. The third-order valence-electron chi connectivity index (χ3n) is 6.48. The second kappa shape index (κ2) is 8.87. The Morgan fingerprint density at radius 3 is 2.67 bits per heavy atom. The Morgan fingerprint density at radius 1 is 1.17 bits per heavy atom. The average molecular weight is 506 g/mol. The Kier molecular flexibility index (Phi) is 5.52. The van der Waals surface area contributed by atoms with Gasteiger partial charge in [-0.05, 0) is 47.0 Å². The maximum absolute atomic E-state index is 13.4. The number of nitrogens with one attached hydrogen (secondary N) is 2. The van der Waals surface area contributed by atoms with Gasteiger partial charge in [0.25, 0.3) is 5.91 Å². The van der Waals surface area contributed by atoms with Gasteiger partial charge in [0.05, 0.1) is 29.2 Å². The van der Waals surface area contributed by atoms with Crippen LogP contribution in [0.2, 0.25) is 5.02 Å². The molecule has 2 aromatic heterocycles. The molecule has 1 amide bonds. The maximum atomic E-state index is 13.4. The van der Waals surface area contributed by atoms with Crippen LogP contribution < -0.4 is 15.0 Å². The molecular weight excluding hydrogens is 485 g/mol. The van der Waals surface area contributed by atoms with E-state index >= 15 is 0 Å². The Balaban J connectivity index is 1.16. The van der Waals surface area contributed by atoms with E-state index < -0.39 is 5.54 Å². The summed E-state index contributed by atoms with van der Waals surface area (Å²) in [4.78, 5) is 19.8. The number of benzene rings is 2. The van der Waals surface area contributed by atoms with E-state index in [1.807, 2.05) is 29.2 Å². The van der Waals surface area contributed by atoms with Gasteiger partial charge in [-0.1, -0.05) is 41.9 Å². The van der Waals surface area contributed by atoms with Crippen LogP contribution in [0.25, 0.3) is 11.4 Å². The largest absolute Gasteiger partial charge is 0.487 e. The zero-order valence-corrected chi connectivity index (χ0v) is 19.7. The van der Waals surface area contributed by atoms with Crippen LogP contribution in [-0.4, -0.2) is 50.7 Å². The number of rotatable bonds is 7. The van der Waals surface area contributed by atoms with Gasteiger partial charge >= 0.3 is 0 Å². The van der Waals surface area contributed by atoms with Gasteiger partial charge < -0.3 is 15.0 Å². The van der Waals surface area contributed by atoms with Crippen molar-refractivity contribution >= 4 is 23.3 Å². The number of tetrazole rings is 1. The number of pyridine rings is 1. The van der Waals surface area contributed by atoms with Crippen molar-refractivity contribution in [1.29, 1.82) is 0 Å². The minimum absolute atomic E-state index is 0.131. The van der Waals surface area contributed by atoms with E-state index in [1.54, 1.807) is 18.2 Å². The van der Waals surface area contributed by atoms with Crippen LogP contribution >= 0.6 is 11.6 Å². The highest BCUT2D eigenvalue weighted by Crippen LogP contribution is 2.46. The average Bonchev–Trinajstić information content (AvgIpc) is 3.42.